The van der Waals surface area contributed by atoms with E-state index in [2.05, 4.69) is 59.8 Å². The molecule has 0 aliphatic carbocycles. The Hall–Kier alpha value is -1.65. The molecule has 2 heterocycles. The maximum atomic E-state index is 5.66. The minimum Gasteiger partial charge on any atom is -0.325 e. The molecular formula is C16H19N3S. The summed E-state index contributed by atoms with van der Waals surface area (Å²) >= 11 is 1.65. The average molecular weight is 285 g/mol. The van der Waals surface area contributed by atoms with Crippen molar-refractivity contribution in [3.05, 3.63) is 47.1 Å². The second-order valence-corrected chi connectivity index (χ2v) is 6.87. The summed E-state index contributed by atoms with van der Waals surface area (Å²) in [5.41, 5.74) is 10.5. The smallest absolute Gasteiger partial charge is 0.194 e. The lowest BCUT2D eigenvalue weighted by molar-refractivity contribution is 0.590. The van der Waals surface area contributed by atoms with Crippen LogP contribution in [0.3, 0.4) is 0 Å². The number of thiazole rings is 1. The zero-order chi connectivity index (χ0) is 14.3. The minimum absolute atomic E-state index is 0.185. The standard InChI is InChI=1S/C16H19N3S/c1-16(2,3)12-6-4-11(5-7-12)14-10-20-15-18-13(8-17)9-19(14)15/h4-7,9-10H,8,17H2,1-3H3. The van der Waals surface area contributed by atoms with Gasteiger partial charge in [0, 0.05) is 18.1 Å². The van der Waals surface area contributed by atoms with Crippen molar-refractivity contribution < 1.29 is 0 Å². The van der Waals surface area contributed by atoms with E-state index >= 15 is 0 Å². The Balaban J connectivity index is 2.04. The summed E-state index contributed by atoms with van der Waals surface area (Å²) in [5, 5.41) is 2.15. The fourth-order valence-electron chi connectivity index (χ4n) is 2.28. The molecule has 20 heavy (non-hydrogen) atoms. The predicted molar refractivity (Wildman–Crippen MR) is 85.1 cm³/mol. The third-order valence-electron chi connectivity index (χ3n) is 3.51. The number of rotatable bonds is 2. The van der Waals surface area contributed by atoms with Gasteiger partial charge in [-0.05, 0) is 16.5 Å². The van der Waals surface area contributed by atoms with Crippen LogP contribution in [0.15, 0.2) is 35.8 Å². The molecule has 2 aromatic heterocycles. The van der Waals surface area contributed by atoms with Gasteiger partial charge in [-0.2, -0.15) is 0 Å². The van der Waals surface area contributed by atoms with E-state index in [-0.39, 0.29) is 5.41 Å². The number of hydrogen-bond donors (Lipinski definition) is 1. The lowest BCUT2D eigenvalue weighted by Crippen LogP contribution is -2.10. The van der Waals surface area contributed by atoms with E-state index in [4.69, 9.17) is 5.73 Å². The van der Waals surface area contributed by atoms with Crippen molar-refractivity contribution in [3.8, 4) is 11.3 Å². The van der Waals surface area contributed by atoms with Gasteiger partial charge in [0.25, 0.3) is 0 Å². The SMILES string of the molecule is CC(C)(C)c1ccc(-c2csc3nc(CN)cn23)cc1. The molecule has 0 aliphatic rings. The van der Waals surface area contributed by atoms with Crippen LogP contribution in [0.1, 0.15) is 32.0 Å². The number of nitrogens with two attached hydrogens (primary N) is 1. The number of benzene rings is 1. The summed E-state index contributed by atoms with van der Waals surface area (Å²) in [7, 11) is 0. The number of hydrogen-bond acceptors (Lipinski definition) is 3. The molecule has 0 radical (unpaired) electrons. The first-order valence-electron chi connectivity index (χ1n) is 6.75. The van der Waals surface area contributed by atoms with Gasteiger partial charge >= 0.3 is 0 Å². The van der Waals surface area contributed by atoms with Gasteiger partial charge in [0.05, 0.1) is 11.4 Å². The van der Waals surface area contributed by atoms with E-state index in [9.17, 15) is 0 Å². The molecule has 1 aromatic carbocycles. The van der Waals surface area contributed by atoms with Crippen LogP contribution in [0, 0.1) is 0 Å². The molecule has 3 aromatic rings. The summed E-state index contributed by atoms with van der Waals surface area (Å²) in [6.45, 7) is 7.17. The van der Waals surface area contributed by atoms with Crippen molar-refractivity contribution in [3.63, 3.8) is 0 Å². The molecule has 0 saturated heterocycles. The van der Waals surface area contributed by atoms with Crippen LogP contribution in [0.5, 0.6) is 0 Å². The van der Waals surface area contributed by atoms with Crippen molar-refractivity contribution in [2.24, 2.45) is 5.73 Å². The van der Waals surface area contributed by atoms with Gasteiger partial charge in [0.1, 0.15) is 0 Å². The maximum Gasteiger partial charge on any atom is 0.194 e. The zero-order valence-corrected chi connectivity index (χ0v) is 12.9. The Morgan fingerprint density at radius 2 is 1.90 bits per heavy atom. The van der Waals surface area contributed by atoms with E-state index in [1.54, 1.807) is 11.3 Å². The van der Waals surface area contributed by atoms with Crippen LogP contribution < -0.4 is 5.73 Å². The van der Waals surface area contributed by atoms with Crippen LogP contribution in [-0.4, -0.2) is 9.38 Å². The molecule has 0 fully saturated rings. The Labute approximate surface area is 123 Å². The highest BCUT2D eigenvalue weighted by Crippen LogP contribution is 2.29. The summed E-state index contributed by atoms with van der Waals surface area (Å²) < 4.78 is 2.12. The Morgan fingerprint density at radius 3 is 2.50 bits per heavy atom. The van der Waals surface area contributed by atoms with Crippen LogP contribution in [0.25, 0.3) is 16.2 Å². The Bertz CT molecular complexity index is 729. The fourth-order valence-corrected chi connectivity index (χ4v) is 3.18. The largest absolute Gasteiger partial charge is 0.325 e. The summed E-state index contributed by atoms with van der Waals surface area (Å²) in [4.78, 5) is 5.49. The predicted octanol–water partition coefficient (Wildman–Crippen LogP) is 3.82. The van der Waals surface area contributed by atoms with Crippen molar-refractivity contribution in [2.75, 3.05) is 0 Å². The van der Waals surface area contributed by atoms with Crippen LogP contribution in [0.4, 0.5) is 0 Å². The second-order valence-electron chi connectivity index (χ2n) is 6.04. The van der Waals surface area contributed by atoms with Gasteiger partial charge in [0.15, 0.2) is 4.96 Å². The number of aromatic nitrogens is 2. The number of nitrogens with zero attached hydrogens (tertiary/aromatic N) is 2. The molecule has 3 nitrogen and oxygen atoms in total. The molecule has 3 rings (SSSR count). The van der Waals surface area contributed by atoms with Gasteiger partial charge in [-0.1, -0.05) is 45.0 Å². The summed E-state index contributed by atoms with van der Waals surface area (Å²) in [6.07, 6.45) is 2.03. The molecule has 0 saturated carbocycles. The lowest BCUT2D eigenvalue weighted by Gasteiger charge is -2.19. The highest BCUT2D eigenvalue weighted by molar-refractivity contribution is 7.15. The van der Waals surface area contributed by atoms with Crippen LogP contribution >= 0.6 is 11.3 Å². The highest BCUT2D eigenvalue weighted by atomic mass is 32.1. The Kier molecular flexibility index (Phi) is 3.15. The zero-order valence-electron chi connectivity index (χ0n) is 12.1. The third-order valence-corrected chi connectivity index (χ3v) is 4.35. The van der Waals surface area contributed by atoms with E-state index in [0.29, 0.717) is 6.54 Å². The van der Waals surface area contributed by atoms with E-state index in [0.717, 1.165) is 10.7 Å². The molecule has 0 aliphatic heterocycles. The minimum atomic E-state index is 0.185. The summed E-state index contributed by atoms with van der Waals surface area (Å²) in [6, 6.07) is 8.79. The molecule has 0 unspecified atom stereocenters. The second kappa shape index (κ2) is 4.72. The molecule has 0 spiro atoms. The molecular weight excluding hydrogens is 266 g/mol. The molecule has 4 heteroatoms. The van der Waals surface area contributed by atoms with Crippen molar-refractivity contribution in [1.29, 1.82) is 0 Å². The number of imidazole rings is 1. The quantitative estimate of drug-likeness (QED) is 0.778. The lowest BCUT2D eigenvalue weighted by atomic mass is 9.86. The topological polar surface area (TPSA) is 43.3 Å². The normalized spacial score (nSPS) is 12.2. The first kappa shape index (κ1) is 13.3. The summed E-state index contributed by atoms with van der Waals surface area (Å²) in [5.74, 6) is 0. The van der Waals surface area contributed by atoms with Crippen molar-refractivity contribution in [2.45, 2.75) is 32.7 Å². The van der Waals surface area contributed by atoms with Crippen LogP contribution in [-0.2, 0) is 12.0 Å². The van der Waals surface area contributed by atoms with Crippen LogP contribution in [0.2, 0.25) is 0 Å². The van der Waals surface area contributed by atoms with Gasteiger partial charge in [-0.15, -0.1) is 11.3 Å². The Morgan fingerprint density at radius 1 is 1.20 bits per heavy atom. The van der Waals surface area contributed by atoms with Crippen molar-refractivity contribution >= 4 is 16.3 Å². The molecule has 0 bridgehead atoms. The van der Waals surface area contributed by atoms with Crippen molar-refractivity contribution in [1.82, 2.24) is 9.38 Å². The monoisotopic (exact) mass is 285 g/mol. The van der Waals surface area contributed by atoms with E-state index in [1.165, 1.54) is 16.8 Å². The van der Waals surface area contributed by atoms with Gasteiger partial charge < -0.3 is 5.73 Å². The average Bonchev–Trinajstić information content (AvgIpc) is 2.97. The first-order chi connectivity index (χ1) is 9.49. The third kappa shape index (κ3) is 2.25. The highest BCUT2D eigenvalue weighted by Gasteiger charge is 2.14. The van der Waals surface area contributed by atoms with E-state index < -0.39 is 0 Å². The van der Waals surface area contributed by atoms with Gasteiger partial charge in [-0.25, -0.2) is 4.98 Å². The maximum absolute atomic E-state index is 5.66. The number of fused-ring (bicyclic) bond motifs is 1. The molecule has 0 atom stereocenters. The van der Waals surface area contributed by atoms with E-state index in [1.807, 2.05) is 6.20 Å². The fraction of sp³-hybridized carbons (Fsp3) is 0.312. The molecule has 104 valence electrons. The van der Waals surface area contributed by atoms with Gasteiger partial charge in [-0.3, -0.25) is 4.40 Å². The first-order valence-corrected chi connectivity index (χ1v) is 7.63. The van der Waals surface area contributed by atoms with Gasteiger partial charge in [0.2, 0.25) is 0 Å². The molecule has 2 N–H and O–H groups in total. The molecule has 0 amide bonds.